The molecule has 0 aliphatic heterocycles. The molecule has 0 aliphatic rings. The molecule has 2 N–H and O–H groups in total. The number of aliphatic hydroxyl groups is 2. The Morgan fingerprint density at radius 1 is 0.880 bits per heavy atom. The van der Waals surface area contributed by atoms with Crippen LogP contribution >= 0.6 is 0 Å². The zero-order valence-electron chi connectivity index (χ0n) is 15.9. The lowest BCUT2D eigenvalue weighted by Gasteiger charge is -2.19. The molecule has 0 atom stereocenters. The van der Waals surface area contributed by atoms with E-state index < -0.39 is 11.9 Å². The van der Waals surface area contributed by atoms with E-state index >= 15 is 0 Å². The van der Waals surface area contributed by atoms with E-state index in [9.17, 15) is 15.0 Å². The number of rotatable bonds is 10. The van der Waals surface area contributed by atoms with Gasteiger partial charge in [-0.05, 0) is 12.8 Å². The summed E-state index contributed by atoms with van der Waals surface area (Å²) in [6.07, 6.45) is 6.12. The second kappa shape index (κ2) is 14.7. The Balaban J connectivity index is 0.000000472. The van der Waals surface area contributed by atoms with Crippen LogP contribution in [0.2, 0.25) is 0 Å². The topological polar surface area (TPSA) is 76.0 Å². The van der Waals surface area contributed by atoms with Gasteiger partial charge in [0, 0.05) is 12.0 Å². The third kappa shape index (κ3) is 12.4. The van der Waals surface area contributed by atoms with E-state index in [-0.39, 0.29) is 0 Å². The van der Waals surface area contributed by atoms with E-state index in [1.165, 1.54) is 0 Å². The van der Waals surface area contributed by atoms with E-state index in [1.54, 1.807) is 31.2 Å². The van der Waals surface area contributed by atoms with Crippen LogP contribution in [0.4, 0.5) is 4.79 Å². The molecule has 0 aliphatic carbocycles. The van der Waals surface area contributed by atoms with Gasteiger partial charge in [0.2, 0.25) is 0 Å². The average molecular weight is 354 g/mol. The summed E-state index contributed by atoms with van der Waals surface area (Å²) in [7, 11) is 0. The molecule has 0 saturated carbocycles. The van der Waals surface area contributed by atoms with Crippen molar-refractivity contribution in [1.29, 1.82) is 0 Å². The summed E-state index contributed by atoms with van der Waals surface area (Å²) >= 11 is 0. The van der Waals surface area contributed by atoms with Gasteiger partial charge in [-0.15, -0.1) is 0 Å². The van der Waals surface area contributed by atoms with Crippen molar-refractivity contribution in [2.75, 3.05) is 13.2 Å². The maximum atomic E-state index is 10.9. The van der Waals surface area contributed by atoms with Gasteiger partial charge in [-0.3, -0.25) is 0 Å². The van der Waals surface area contributed by atoms with Crippen molar-refractivity contribution in [3.8, 4) is 0 Å². The van der Waals surface area contributed by atoms with Crippen LogP contribution in [0, 0.1) is 0 Å². The van der Waals surface area contributed by atoms with Gasteiger partial charge in [-0.1, -0.05) is 76.8 Å². The SMILES string of the molecule is CCC(O)(O)c1ccccc1.CCCCCOC(=O)OCCCCC. The number of unbranched alkanes of at least 4 members (excludes halogenated alkanes) is 4. The fraction of sp³-hybridized carbons (Fsp3) is 0.650. The molecule has 1 aromatic rings. The number of carbonyl (C=O) groups excluding carboxylic acids is 1. The highest BCUT2D eigenvalue weighted by atomic mass is 16.7. The molecule has 5 nitrogen and oxygen atoms in total. The van der Waals surface area contributed by atoms with E-state index in [2.05, 4.69) is 13.8 Å². The molecule has 0 amide bonds. The molecule has 1 rings (SSSR count). The third-order valence-electron chi connectivity index (χ3n) is 3.66. The first kappa shape index (κ1) is 23.4. The van der Waals surface area contributed by atoms with Gasteiger partial charge in [0.25, 0.3) is 0 Å². The van der Waals surface area contributed by atoms with Crippen LogP contribution in [0.1, 0.15) is 71.3 Å². The molecule has 144 valence electrons. The first-order chi connectivity index (χ1) is 12.0. The number of hydrogen-bond donors (Lipinski definition) is 2. The van der Waals surface area contributed by atoms with Crippen LogP contribution < -0.4 is 0 Å². The van der Waals surface area contributed by atoms with Crippen molar-refractivity contribution in [1.82, 2.24) is 0 Å². The molecule has 0 bridgehead atoms. The molecular weight excluding hydrogens is 320 g/mol. The zero-order chi connectivity index (χ0) is 19.0. The lowest BCUT2D eigenvalue weighted by molar-refractivity contribution is -0.171. The minimum atomic E-state index is -1.67. The highest BCUT2D eigenvalue weighted by molar-refractivity contribution is 5.59. The predicted octanol–water partition coefficient (Wildman–Crippen LogP) is 4.75. The summed E-state index contributed by atoms with van der Waals surface area (Å²) in [6, 6.07) is 8.81. The van der Waals surface area contributed by atoms with Gasteiger partial charge in [0.1, 0.15) is 0 Å². The number of hydrogen-bond acceptors (Lipinski definition) is 5. The fourth-order valence-corrected chi connectivity index (χ4v) is 1.97. The molecule has 0 spiro atoms. The highest BCUT2D eigenvalue weighted by Crippen LogP contribution is 2.20. The molecule has 5 heteroatoms. The quantitative estimate of drug-likeness (QED) is 0.360. The normalized spacial score (nSPS) is 10.6. The lowest BCUT2D eigenvalue weighted by Crippen LogP contribution is -2.23. The molecule has 1 aromatic carbocycles. The molecule has 0 radical (unpaired) electrons. The Morgan fingerprint density at radius 2 is 1.36 bits per heavy atom. The van der Waals surface area contributed by atoms with Crippen LogP contribution in [0.25, 0.3) is 0 Å². The summed E-state index contributed by atoms with van der Waals surface area (Å²) in [6.45, 7) is 6.93. The van der Waals surface area contributed by atoms with Gasteiger partial charge in [-0.2, -0.15) is 0 Å². The predicted molar refractivity (Wildman–Crippen MR) is 99.2 cm³/mol. The Bertz CT molecular complexity index is 417. The summed E-state index contributed by atoms with van der Waals surface area (Å²) in [5.41, 5.74) is 0.544. The molecule has 0 aromatic heterocycles. The summed E-state index contributed by atoms with van der Waals surface area (Å²) in [4.78, 5) is 10.9. The van der Waals surface area contributed by atoms with Gasteiger partial charge in [0.05, 0.1) is 13.2 Å². The van der Waals surface area contributed by atoms with Gasteiger partial charge < -0.3 is 19.7 Å². The second-order valence-electron chi connectivity index (χ2n) is 5.90. The Hall–Kier alpha value is -1.59. The smallest absolute Gasteiger partial charge is 0.434 e. The molecule has 0 saturated heterocycles. The summed E-state index contributed by atoms with van der Waals surface area (Å²) in [5.74, 6) is -1.67. The van der Waals surface area contributed by atoms with Crippen molar-refractivity contribution in [3.63, 3.8) is 0 Å². The van der Waals surface area contributed by atoms with Gasteiger partial charge in [0.15, 0.2) is 5.79 Å². The Morgan fingerprint density at radius 3 is 1.76 bits per heavy atom. The standard InChI is InChI=1S/C11H22O3.C9H12O2/c1-3-5-7-9-13-11(12)14-10-8-6-4-2;1-2-9(10,11)8-6-4-3-5-7-8/h3-10H2,1-2H3;3-7,10-11H,2H2,1H3. The first-order valence-electron chi connectivity index (χ1n) is 9.27. The summed E-state index contributed by atoms with van der Waals surface area (Å²) in [5, 5.41) is 18.7. The zero-order valence-corrected chi connectivity index (χ0v) is 15.9. The molecular formula is C20H34O5. The Kier molecular flexibility index (Phi) is 13.8. The number of benzene rings is 1. The largest absolute Gasteiger partial charge is 0.508 e. The summed E-state index contributed by atoms with van der Waals surface area (Å²) < 4.78 is 9.73. The van der Waals surface area contributed by atoms with Crippen LogP contribution in [-0.2, 0) is 15.3 Å². The maximum Gasteiger partial charge on any atom is 0.508 e. The minimum absolute atomic E-state index is 0.303. The minimum Gasteiger partial charge on any atom is -0.434 e. The van der Waals surface area contributed by atoms with Gasteiger partial charge in [-0.25, -0.2) is 4.79 Å². The van der Waals surface area contributed by atoms with E-state index in [4.69, 9.17) is 9.47 Å². The molecule has 25 heavy (non-hydrogen) atoms. The van der Waals surface area contributed by atoms with Crippen molar-refractivity contribution in [3.05, 3.63) is 35.9 Å². The molecule has 0 fully saturated rings. The van der Waals surface area contributed by atoms with Crippen molar-refractivity contribution in [2.45, 2.75) is 71.5 Å². The van der Waals surface area contributed by atoms with E-state index in [0.29, 0.717) is 25.2 Å². The maximum absolute atomic E-state index is 10.9. The van der Waals surface area contributed by atoms with Crippen molar-refractivity contribution in [2.24, 2.45) is 0 Å². The van der Waals surface area contributed by atoms with E-state index in [0.717, 1.165) is 38.5 Å². The number of ether oxygens (including phenoxy) is 2. The highest BCUT2D eigenvalue weighted by Gasteiger charge is 2.21. The van der Waals surface area contributed by atoms with E-state index in [1.807, 2.05) is 6.07 Å². The van der Waals surface area contributed by atoms with Crippen molar-refractivity contribution < 1.29 is 24.5 Å². The van der Waals surface area contributed by atoms with Crippen LogP contribution in [0.5, 0.6) is 0 Å². The first-order valence-corrected chi connectivity index (χ1v) is 9.27. The molecule has 0 heterocycles. The fourth-order valence-electron chi connectivity index (χ4n) is 1.97. The van der Waals surface area contributed by atoms with Crippen molar-refractivity contribution >= 4 is 6.16 Å². The lowest BCUT2D eigenvalue weighted by atomic mass is 10.0. The average Bonchev–Trinajstić information content (AvgIpc) is 2.64. The second-order valence-corrected chi connectivity index (χ2v) is 5.90. The van der Waals surface area contributed by atoms with Crippen LogP contribution in [0.15, 0.2) is 30.3 Å². The molecule has 0 unspecified atom stereocenters. The number of carbonyl (C=O) groups is 1. The van der Waals surface area contributed by atoms with Gasteiger partial charge >= 0.3 is 6.16 Å². The Labute approximate surface area is 152 Å². The van der Waals surface area contributed by atoms with Crippen LogP contribution in [0.3, 0.4) is 0 Å². The third-order valence-corrected chi connectivity index (χ3v) is 3.66. The monoisotopic (exact) mass is 354 g/mol. The van der Waals surface area contributed by atoms with Crippen LogP contribution in [-0.4, -0.2) is 29.6 Å².